The molecule has 0 fully saturated rings. The highest BCUT2D eigenvalue weighted by atomic mass is 32.1. The summed E-state index contributed by atoms with van der Waals surface area (Å²) in [5, 5.41) is 4.26. The van der Waals surface area contributed by atoms with Crippen LogP contribution < -0.4 is 10.9 Å². The van der Waals surface area contributed by atoms with Crippen LogP contribution in [0.3, 0.4) is 0 Å². The number of aromatic amines is 1. The molecular formula is C14H12N4O3S. The number of aromatic nitrogens is 3. The predicted octanol–water partition coefficient (Wildman–Crippen LogP) is 2.15. The maximum Gasteiger partial charge on any atom is 0.413 e. The van der Waals surface area contributed by atoms with E-state index in [-0.39, 0.29) is 11.5 Å². The van der Waals surface area contributed by atoms with E-state index in [1.54, 1.807) is 12.4 Å². The number of carbonyl (C=O) groups excluding carboxylic acids is 1. The molecule has 0 atom stereocenters. The second-order valence-electron chi connectivity index (χ2n) is 4.51. The van der Waals surface area contributed by atoms with Crippen molar-refractivity contribution in [2.75, 3.05) is 12.4 Å². The van der Waals surface area contributed by atoms with E-state index in [4.69, 9.17) is 0 Å². The molecule has 22 heavy (non-hydrogen) atoms. The number of hydrogen-bond donors (Lipinski definition) is 2. The van der Waals surface area contributed by atoms with Gasteiger partial charge in [-0.2, -0.15) is 0 Å². The summed E-state index contributed by atoms with van der Waals surface area (Å²) < 4.78 is 5.02. The molecule has 7 nitrogen and oxygen atoms in total. The van der Waals surface area contributed by atoms with Crippen LogP contribution in [0, 0.1) is 0 Å². The number of anilines is 1. The normalized spacial score (nSPS) is 10.6. The summed E-state index contributed by atoms with van der Waals surface area (Å²) >= 11 is 1.32. The minimum atomic E-state index is -0.688. The number of methoxy groups -OCH3 is 1. The summed E-state index contributed by atoms with van der Waals surface area (Å²) in [6.07, 6.45) is 3.40. The van der Waals surface area contributed by atoms with Gasteiger partial charge in [-0.15, -0.1) is 11.3 Å². The molecule has 0 aromatic carbocycles. The smallest absolute Gasteiger partial charge is 0.413 e. The van der Waals surface area contributed by atoms with Gasteiger partial charge < -0.3 is 4.74 Å². The molecule has 0 saturated carbocycles. The minimum absolute atomic E-state index is 0.0650. The number of H-pyrrole nitrogens is 1. The van der Waals surface area contributed by atoms with Gasteiger partial charge in [0.05, 0.1) is 12.6 Å². The van der Waals surface area contributed by atoms with Crippen molar-refractivity contribution in [2.45, 2.75) is 6.42 Å². The van der Waals surface area contributed by atoms with Crippen molar-refractivity contribution in [3.63, 3.8) is 0 Å². The number of hydrogen-bond acceptors (Lipinski definition) is 6. The maximum absolute atomic E-state index is 12.0. The van der Waals surface area contributed by atoms with Crippen molar-refractivity contribution >= 4 is 33.6 Å². The zero-order valence-corrected chi connectivity index (χ0v) is 12.4. The fourth-order valence-electron chi connectivity index (χ4n) is 2.03. The number of thiophene rings is 1. The van der Waals surface area contributed by atoms with Crippen LogP contribution in [-0.4, -0.2) is 28.2 Å². The van der Waals surface area contributed by atoms with Crippen LogP contribution in [0.25, 0.3) is 10.2 Å². The number of ether oxygens (including phenoxy) is 1. The van der Waals surface area contributed by atoms with Crippen LogP contribution in [0.5, 0.6) is 0 Å². The summed E-state index contributed by atoms with van der Waals surface area (Å²) in [5.74, 6) is 0.0650. The van der Waals surface area contributed by atoms with Gasteiger partial charge in [0.15, 0.2) is 0 Å². The molecule has 1 amide bonds. The Morgan fingerprint density at radius 1 is 1.50 bits per heavy atom. The Bertz CT molecular complexity index is 873. The Morgan fingerprint density at radius 2 is 2.36 bits per heavy atom. The minimum Gasteiger partial charge on any atom is -0.453 e. The quantitative estimate of drug-likeness (QED) is 0.771. The van der Waals surface area contributed by atoms with Gasteiger partial charge in [-0.05, 0) is 22.6 Å². The van der Waals surface area contributed by atoms with Gasteiger partial charge in [-0.25, -0.2) is 9.78 Å². The average Bonchev–Trinajstić information content (AvgIpc) is 2.92. The molecule has 3 aromatic rings. The molecule has 0 spiro atoms. The van der Waals surface area contributed by atoms with E-state index >= 15 is 0 Å². The van der Waals surface area contributed by atoms with Crippen LogP contribution in [0.15, 0.2) is 34.7 Å². The molecule has 0 aliphatic carbocycles. The van der Waals surface area contributed by atoms with Gasteiger partial charge in [-0.1, -0.05) is 6.07 Å². The molecule has 0 bridgehead atoms. The largest absolute Gasteiger partial charge is 0.453 e. The van der Waals surface area contributed by atoms with Crippen LogP contribution in [0.4, 0.5) is 10.7 Å². The molecule has 3 heterocycles. The van der Waals surface area contributed by atoms with Gasteiger partial charge in [0.1, 0.15) is 4.70 Å². The number of fused-ring (bicyclic) bond motifs is 1. The number of amides is 1. The van der Waals surface area contributed by atoms with E-state index < -0.39 is 6.09 Å². The van der Waals surface area contributed by atoms with Gasteiger partial charge in [0, 0.05) is 18.8 Å². The number of nitrogens with zero attached hydrogens (tertiary/aromatic N) is 2. The molecule has 112 valence electrons. The molecular weight excluding hydrogens is 304 g/mol. The summed E-state index contributed by atoms with van der Waals surface area (Å²) in [4.78, 5) is 34.2. The molecule has 0 aliphatic heterocycles. The fourth-order valence-corrected chi connectivity index (χ4v) is 2.93. The topological polar surface area (TPSA) is 97.0 Å². The Balaban J connectivity index is 2.01. The highest BCUT2D eigenvalue weighted by molar-refractivity contribution is 7.17. The first kappa shape index (κ1) is 14.2. The predicted molar refractivity (Wildman–Crippen MR) is 83.3 cm³/mol. The van der Waals surface area contributed by atoms with E-state index in [2.05, 4.69) is 25.0 Å². The van der Waals surface area contributed by atoms with Crippen LogP contribution >= 0.6 is 11.3 Å². The van der Waals surface area contributed by atoms with E-state index in [1.165, 1.54) is 18.4 Å². The standard InChI is InChI=1S/C14H12N4O3S/c1-21-14(20)18-13-16-10-9(5-8-3-2-4-15-6-8)7-22-11(10)12(19)17-13/h2-4,6-7H,5H2,1H3,(H2,16,17,18,19,20). The van der Waals surface area contributed by atoms with Crippen molar-refractivity contribution in [3.8, 4) is 0 Å². The van der Waals surface area contributed by atoms with Crippen molar-refractivity contribution in [1.29, 1.82) is 0 Å². The van der Waals surface area contributed by atoms with Crippen LogP contribution in [0.2, 0.25) is 0 Å². The average molecular weight is 316 g/mol. The lowest BCUT2D eigenvalue weighted by atomic mass is 10.1. The van der Waals surface area contributed by atoms with Gasteiger partial charge >= 0.3 is 6.09 Å². The van der Waals surface area contributed by atoms with Crippen molar-refractivity contribution in [2.24, 2.45) is 0 Å². The number of nitrogens with one attached hydrogen (secondary N) is 2. The lowest BCUT2D eigenvalue weighted by molar-refractivity contribution is 0.186. The van der Waals surface area contributed by atoms with E-state index in [0.29, 0.717) is 16.6 Å². The van der Waals surface area contributed by atoms with Crippen LogP contribution in [0.1, 0.15) is 11.1 Å². The highest BCUT2D eigenvalue weighted by Crippen LogP contribution is 2.24. The van der Waals surface area contributed by atoms with E-state index in [0.717, 1.165) is 11.1 Å². The zero-order chi connectivity index (χ0) is 15.5. The molecule has 3 rings (SSSR count). The Hall–Kier alpha value is -2.74. The molecule has 3 aromatic heterocycles. The third kappa shape index (κ3) is 2.82. The van der Waals surface area contributed by atoms with E-state index in [1.807, 2.05) is 17.5 Å². The van der Waals surface area contributed by atoms with Crippen molar-refractivity contribution in [3.05, 3.63) is 51.4 Å². The van der Waals surface area contributed by atoms with Gasteiger partial charge in [-0.3, -0.25) is 20.1 Å². The molecule has 0 radical (unpaired) electrons. The monoisotopic (exact) mass is 316 g/mol. The summed E-state index contributed by atoms with van der Waals surface area (Å²) in [5.41, 5.74) is 2.21. The van der Waals surface area contributed by atoms with Gasteiger partial charge in [0.2, 0.25) is 5.95 Å². The third-order valence-corrected chi connectivity index (χ3v) is 4.04. The zero-order valence-electron chi connectivity index (χ0n) is 11.6. The Labute approximate surface area is 129 Å². The summed E-state index contributed by atoms with van der Waals surface area (Å²) in [6.45, 7) is 0. The second kappa shape index (κ2) is 5.94. The first-order chi connectivity index (χ1) is 10.7. The second-order valence-corrected chi connectivity index (χ2v) is 5.39. The Kier molecular flexibility index (Phi) is 3.84. The van der Waals surface area contributed by atoms with Crippen molar-refractivity contribution in [1.82, 2.24) is 15.0 Å². The third-order valence-electron chi connectivity index (χ3n) is 3.02. The Morgan fingerprint density at radius 3 is 3.09 bits per heavy atom. The first-order valence-corrected chi connectivity index (χ1v) is 7.29. The molecule has 8 heteroatoms. The van der Waals surface area contributed by atoms with Crippen LogP contribution in [-0.2, 0) is 11.2 Å². The lowest BCUT2D eigenvalue weighted by Gasteiger charge is -2.03. The maximum atomic E-state index is 12.0. The van der Waals surface area contributed by atoms with Crippen molar-refractivity contribution < 1.29 is 9.53 Å². The number of pyridine rings is 1. The number of rotatable bonds is 3. The summed E-state index contributed by atoms with van der Waals surface area (Å²) in [7, 11) is 1.24. The van der Waals surface area contributed by atoms with E-state index in [9.17, 15) is 9.59 Å². The number of carbonyl (C=O) groups is 1. The summed E-state index contributed by atoms with van der Waals surface area (Å²) in [6, 6.07) is 3.81. The lowest BCUT2D eigenvalue weighted by Crippen LogP contribution is -2.17. The fraction of sp³-hybridized carbons (Fsp3) is 0.143. The molecule has 2 N–H and O–H groups in total. The molecule has 0 unspecified atom stereocenters. The highest BCUT2D eigenvalue weighted by Gasteiger charge is 2.13. The molecule has 0 saturated heterocycles. The SMILES string of the molecule is COC(=O)Nc1nc2c(Cc3cccnc3)csc2c(=O)[nH]1. The first-order valence-electron chi connectivity index (χ1n) is 6.41. The van der Waals surface area contributed by atoms with Gasteiger partial charge in [0.25, 0.3) is 5.56 Å². The molecule has 0 aliphatic rings.